The third kappa shape index (κ3) is 6.63. The molecule has 0 unspecified atom stereocenters. The van der Waals surface area contributed by atoms with Crippen molar-refractivity contribution in [1.82, 2.24) is 5.32 Å². The van der Waals surface area contributed by atoms with Gasteiger partial charge >= 0.3 is 12.1 Å². The minimum absolute atomic E-state index is 0.222. The molecule has 0 aromatic carbocycles. The number of carbonyl (C=O) groups excluding carboxylic acids is 1. The van der Waals surface area contributed by atoms with E-state index in [2.05, 4.69) is 10.1 Å². The van der Waals surface area contributed by atoms with Gasteiger partial charge in [-0.15, -0.1) is 0 Å². The first-order chi connectivity index (χ1) is 5.16. The summed E-state index contributed by atoms with van der Waals surface area (Å²) in [6.07, 6.45) is -0.0741. The molecule has 1 saturated heterocycles. The number of nitrogens with one attached hydrogen (secondary N) is 1. The molecule has 0 aromatic rings. The van der Waals surface area contributed by atoms with Gasteiger partial charge in [0.15, 0.2) is 0 Å². The van der Waals surface area contributed by atoms with Gasteiger partial charge in [0.1, 0.15) is 6.61 Å². The fraction of sp³-hybridized carbons (Fsp3) is 0.667. The van der Waals surface area contributed by atoms with Crippen LogP contribution in [-0.2, 0) is 9.53 Å². The Kier molecular flexibility index (Phi) is 4.89. The van der Waals surface area contributed by atoms with E-state index in [4.69, 9.17) is 5.11 Å². The highest BCUT2D eigenvalue weighted by Crippen LogP contribution is 1.82. The van der Waals surface area contributed by atoms with Crippen molar-refractivity contribution in [2.24, 2.45) is 0 Å². The van der Waals surface area contributed by atoms with Crippen LogP contribution >= 0.6 is 0 Å². The highest BCUT2D eigenvalue weighted by Gasteiger charge is 2.06. The number of carboxylic acid groups (broad SMARTS) is 1. The van der Waals surface area contributed by atoms with Crippen molar-refractivity contribution in [3.8, 4) is 0 Å². The highest BCUT2D eigenvalue weighted by atomic mass is 16.6. The summed E-state index contributed by atoms with van der Waals surface area (Å²) in [5, 5.41) is 10.2. The minimum atomic E-state index is -0.745. The molecule has 1 rings (SSSR count). The standard InChI is InChI=1S/C3H5NO2.C3H6O2/c5-3-4-1-2-6-3;1-2-3(4)5/h1-2H2,(H,4,5);2H2,1H3,(H,4,5). The molecule has 0 saturated carbocycles. The van der Waals surface area contributed by atoms with Crippen LogP contribution in [0.2, 0.25) is 0 Å². The van der Waals surface area contributed by atoms with Gasteiger partial charge in [-0.05, 0) is 0 Å². The van der Waals surface area contributed by atoms with Gasteiger partial charge in [-0.1, -0.05) is 6.92 Å². The van der Waals surface area contributed by atoms with E-state index >= 15 is 0 Å². The zero-order valence-corrected chi connectivity index (χ0v) is 6.29. The summed E-state index contributed by atoms with van der Waals surface area (Å²) in [5.74, 6) is -0.745. The summed E-state index contributed by atoms with van der Waals surface area (Å²) < 4.78 is 4.40. The number of rotatable bonds is 1. The lowest BCUT2D eigenvalue weighted by Gasteiger charge is -1.80. The molecule has 0 radical (unpaired) electrons. The monoisotopic (exact) mass is 161 g/mol. The lowest BCUT2D eigenvalue weighted by atomic mass is 10.5. The number of amides is 1. The van der Waals surface area contributed by atoms with Crippen molar-refractivity contribution in [3.63, 3.8) is 0 Å². The Morgan fingerprint density at radius 1 is 1.82 bits per heavy atom. The van der Waals surface area contributed by atoms with Gasteiger partial charge in [0.25, 0.3) is 0 Å². The number of carbonyl (C=O) groups is 2. The van der Waals surface area contributed by atoms with E-state index in [0.29, 0.717) is 13.2 Å². The second kappa shape index (κ2) is 5.52. The fourth-order valence-electron chi connectivity index (χ4n) is 0.348. The maximum atomic E-state index is 9.91. The molecule has 5 nitrogen and oxygen atoms in total. The molecule has 0 bridgehead atoms. The molecule has 1 amide bonds. The van der Waals surface area contributed by atoms with Crippen molar-refractivity contribution in [2.75, 3.05) is 13.2 Å². The van der Waals surface area contributed by atoms with Gasteiger partial charge in [-0.25, -0.2) is 4.79 Å². The summed E-state index contributed by atoms with van der Waals surface area (Å²) in [5.41, 5.74) is 0. The molecular weight excluding hydrogens is 150 g/mol. The largest absolute Gasteiger partial charge is 0.481 e. The Morgan fingerprint density at radius 3 is 2.45 bits per heavy atom. The zero-order chi connectivity index (χ0) is 8.69. The molecule has 0 atom stereocenters. The molecule has 0 aliphatic carbocycles. The van der Waals surface area contributed by atoms with Crippen molar-refractivity contribution >= 4 is 12.1 Å². The van der Waals surface area contributed by atoms with Gasteiger partial charge in [-0.2, -0.15) is 0 Å². The predicted octanol–water partition coefficient (Wildman–Crippen LogP) is 0.207. The quantitative estimate of drug-likeness (QED) is 0.576. The number of alkyl carbamates (subject to hydrolysis) is 1. The van der Waals surface area contributed by atoms with Gasteiger partial charge < -0.3 is 15.2 Å². The molecule has 5 heteroatoms. The Labute approximate surface area is 64.3 Å². The second-order valence-electron chi connectivity index (χ2n) is 1.81. The van der Waals surface area contributed by atoms with Gasteiger partial charge in [0.2, 0.25) is 0 Å². The first kappa shape index (κ1) is 9.74. The molecular formula is C6H11NO4. The lowest BCUT2D eigenvalue weighted by Crippen LogP contribution is -2.11. The van der Waals surface area contributed by atoms with Gasteiger partial charge in [-0.3, -0.25) is 4.79 Å². The minimum Gasteiger partial charge on any atom is -0.481 e. The molecule has 1 fully saturated rings. The molecule has 11 heavy (non-hydrogen) atoms. The first-order valence-corrected chi connectivity index (χ1v) is 3.29. The van der Waals surface area contributed by atoms with E-state index in [1.165, 1.54) is 0 Å². The fourth-order valence-corrected chi connectivity index (χ4v) is 0.348. The van der Waals surface area contributed by atoms with Crippen LogP contribution in [0.4, 0.5) is 4.79 Å². The smallest absolute Gasteiger partial charge is 0.407 e. The Balaban J connectivity index is 0.000000187. The number of ether oxygens (including phenoxy) is 1. The van der Waals surface area contributed by atoms with E-state index in [1.54, 1.807) is 6.92 Å². The Morgan fingerprint density at radius 2 is 2.36 bits per heavy atom. The molecule has 64 valence electrons. The number of hydrogen-bond donors (Lipinski definition) is 2. The normalized spacial score (nSPS) is 14.1. The van der Waals surface area contributed by atoms with Crippen molar-refractivity contribution in [2.45, 2.75) is 13.3 Å². The van der Waals surface area contributed by atoms with Crippen LogP contribution in [0.1, 0.15) is 13.3 Å². The predicted molar refractivity (Wildman–Crippen MR) is 37.3 cm³/mol. The maximum absolute atomic E-state index is 9.91. The van der Waals surface area contributed by atoms with E-state index in [9.17, 15) is 9.59 Å². The molecule has 2 N–H and O–H groups in total. The van der Waals surface area contributed by atoms with Crippen LogP contribution < -0.4 is 5.32 Å². The topological polar surface area (TPSA) is 75.6 Å². The van der Waals surface area contributed by atoms with Crippen LogP contribution in [0.15, 0.2) is 0 Å². The average molecular weight is 161 g/mol. The van der Waals surface area contributed by atoms with E-state index < -0.39 is 5.97 Å². The van der Waals surface area contributed by atoms with Crippen LogP contribution in [-0.4, -0.2) is 30.3 Å². The number of hydrogen-bond acceptors (Lipinski definition) is 3. The molecule has 1 aliphatic rings. The first-order valence-electron chi connectivity index (χ1n) is 3.29. The number of aliphatic carboxylic acids is 1. The van der Waals surface area contributed by atoms with Crippen molar-refractivity contribution in [3.05, 3.63) is 0 Å². The number of cyclic esters (lactones) is 1. The van der Waals surface area contributed by atoms with Gasteiger partial charge in [0, 0.05) is 6.42 Å². The Bertz CT molecular complexity index is 138. The summed E-state index contributed by atoms with van der Waals surface area (Å²) in [6.45, 7) is 2.79. The lowest BCUT2D eigenvalue weighted by molar-refractivity contribution is -0.136. The number of carboxylic acids is 1. The third-order valence-corrected chi connectivity index (χ3v) is 0.907. The average Bonchev–Trinajstić information content (AvgIpc) is 2.41. The second-order valence-corrected chi connectivity index (χ2v) is 1.81. The summed E-state index contributed by atoms with van der Waals surface area (Å²) in [7, 11) is 0. The van der Waals surface area contributed by atoms with Crippen molar-refractivity contribution < 1.29 is 19.4 Å². The summed E-state index contributed by atoms with van der Waals surface area (Å²) in [4.78, 5) is 19.3. The molecule has 1 aliphatic heterocycles. The van der Waals surface area contributed by atoms with Crippen LogP contribution in [0.25, 0.3) is 0 Å². The SMILES string of the molecule is CCC(=O)O.O=C1NCCO1. The van der Waals surface area contributed by atoms with Crippen LogP contribution in [0, 0.1) is 0 Å². The molecule has 1 heterocycles. The third-order valence-electron chi connectivity index (χ3n) is 0.907. The molecule has 0 aromatic heterocycles. The molecule has 0 spiro atoms. The van der Waals surface area contributed by atoms with E-state index in [1.807, 2.05) is 0 Å². The van der Waals surface area contributed by atoms with Crippen LogP contribution in [0.3, 0.4) is 0 Å². The summed E-state index contributed by atoms with van der Waals surface area (Å²) >= 11 is 0. The van der Waals surface area contributed by atoms with Crippen molar-refractivity contribution in [1.29, 1.82) is 0 Å². The van der Waals surface area contributed by atoms with E-state index in [0.717, 1.165) is 0 Å². The maximum Gasteiger partial charge on any atom is 0.407 e. The van der Waals surface area contributed by atoms with Crippen LogP contribution in [0.5, 0.6) is 0 Å². The van der Waals surface area contributed by atoms with E-state index in [-0.39, 0.29) is 12.5 Å². The Hall–Kier alpha value is -1.26. The van der Waals surface area contributed by atoms with Gasteiger partial charge in [0.05, 0.1) is 6.54 Å². The zero-order valence-electron chi connectivity index (χ0n) is 6.29. The highest BCUT2D eigenvalue weighted by molar-refractivity contribution is 5.68. The summed E-state index contributed by atoms with van der Waals surface area (Å²) in [6, 6.07) is 0.